The third-order valence-electron chi connectivity index (χ3n) is 1.77. The van der Waals surface area contributed by atoms with Gasteiger partial charge in [-0.3, -0.25) is 4.68 Å². The van der Waals surface area contributed by atoms with Gasteiger partial charge in [-0.05, 0) is 11.4 Å². The van der Waals surface area contributed by atoms with E-state index in [1.807, 2.05) is 17.5 Å². The molecule has 0 aliphatic heterocycles. The fourth-order valence-electron chi connectivity index (χ4n) is 1.12. The first kappa shape index (κ1) is 8.02. The van der Waals surface area contributed by atoms with Crippen molar-refractivity contribution in [2.24, 2.45) is 7.05 Å². The average molecular weight is 189 g/mol. The number of aromatic nitrogens is 2. The Kier molecular flexibility index (Phi) is 1.87. The van der Waals surface area contributed by atoms with Crippen LogP contribution in [0, 0.1) is 11.3 Å². The number of nitrogens with zero attached hydrogens (tertiary/aromatic N) is 3. The second-order valence-corrected chi connectivity index (χ2v) is 3.58. The summed E-state index contributed by atoms with van der Waals surface area (Å²) in [5, 5.41) is 14.9. The van der Waals surface area contributed by atoms with Crippen molar-refractivity contribution in [3.8, 4) is 16.6 Å². The Morgan fingerprint density at radius 3 is 3.00 bits per heavy atom. The summed E-state index contributed by atoms with van der Waals surface area (Å²) in [4.78, 5) is 1.09. The van der Waals surface area contributed by atoms with Gasteiger partial charge >= 0.3 is 0 Å². The molecule has 0 atom stereocenters. The molecule has 0 spiro atoms. The van der Waals surface area contributed by atoms with Crippen LogP contribution in [0.3, 0.4) is 0 Å². The van der Waals surface area contributed by atoms with Crippen LogP contribution in [0.4, 0.5) is 0 Å². The van der Waals surface area contributed by atoms with Gasteiger partial charge in [0.1, 0.15) is 17.5 Å². The molecule has 0 amide bonds. The van der Waals surface area contributed by atoms with Crippen molar-refractivity contribution in [2.45, 2.75) is 0 Å². The fourth-order valence-corrected chi connectivity index (χ4v) is 1.80. The van der Waals surface area contributed by atoms with E-state index in [-0.39, 0.29) is 0 Å². The van der Waals surface area contributed by atoms with E-state index in [0.717, 1.165) is 10.6 Å². The average Bonchev–Trinajstić information content (AvgIpc) is 2.71. The molecule has 2 aromatic rings. The van der Waals surface area contributed by atoms with Crippen LogP contribution in [-0.4, -0.2) is 9.78 Å². The standard InChI is InChI=1S/C9H7N3S/c1-12-7(6-10)5-8(11-12)9-3-2-4-13-9/h2-5H,1H3. The van der Waals surface area contributed by atoms with Crippen molar-refractivity contribution in [1.29, 1.82) is 5.26 Å². The zero-order valence-electron chi connectivity index (χ0n) is 7.06. The van der Waals surface area contributed by atoms with Crippen LogP contribution in [0.25, 0.3) is 10.6 Å². The minimum Gasteiger partial charge on any atom is -0.257 e. The van der Waals surface area contributed by atoms with E-state index in [1.54, 1.807) is 29.1 Å². The molecule has 0 aliphatic carbocycles. The predicted molar refractivity (Wildman–Crippen MR) is 51.2 cm³/mol. The number of aryl methyl sites for hydroxylation is 1. The van der Waals surface area contributed by atoms with Gasteiger partial charge in [0, 0.05) is 13.1 Å². The summed E-state index contributed by atoms with van der Waals surface area (Å²) in [6.07, 6.45) is 0. The summed E-state index contributed by atoms with van der Waals surface area (Å²) in [7, 11) is 1.77. The van der Waals surface area contributed by atoms with E-state index in [9.17, 15) is 0 Å². The Morgan fingerprint density at radius 2 is 2.46 bits per heavy atom. The first-order valence-electron chi connectivity index (χ1n) is 3.79. The molecule has 0 aliphatic rings. The van der Waals surface area contributed by atoms with Gasteiger partial charge in [0.15, 0.2) is 0 Å². The van der Waals surface area contributed by atoms with E-state index in [0.29, 0.717) is 5.69 Å². The molecule has 0 unspecified atom stereocenters. The molecule has 3 nitrogen and oxygen atoms in total. The molecule has 0 saturated carbocycles. The van der Waals surface area contributed by atoms with Crippen LogP contribution in [0.5, 0.6) is 0 Å². The Hall–Kier alpha value is -1.60. The quantitative estimate of drug-likeness (QED) is 0.688. The van der Waals surface area contributed by atoms with Gasteiger partial charge in [0.2, 0.25) is 0 Å². The summed E-state index contributed by atoms with van der Waals surface area (Å²) in [5.41, 5.74) is 1.46. The highest BCUT2D eigenvalue weighted by Crippen LogP contribution is 2.23. The highest BCUT2D eigenvalue weighted by atomic mass is 32.1. The highest BCUT2D eigenvalue weighted by molar-refractivity contribution is 7.13. The summed E-state index contributed by atoms with van der Waals surface area (Å²) < 4.78 is 1.59. The SMILES string of the molecule is Cn1nc(-c2cccs2)cc1C#N. The number of rotatable bonds is 1. The van der Waals surface area contributed by atoms with E-state index in [2.05, 4.69) is 11.2 Å². The highest BCUT2D eigenvalue weighted by Gasteiger charge is 2.06. The van der Waals surface area contributed by atoms with E-state index in [1.165, 1.54) is 0 Å². The second kappa shape index (κ2) is 3.04. The van der Waals surface area contributed by atoms with E-state index in [4.69, 9.17) is 5.26 Å². The maximum atomic E-state index is 8.72. The first-order valence-corrected chi connectivity index (χ1v) is 4.67. The van der Waals surface area contributed by atoms with Crippen molar-refractivity contribution in [3.05, 3.63) is 29.3 Å². The summed E-state index contributed by atoms with van der Waals surface area (Å²) in [6, 6.07) is 7.85. The monoisotopic (exact) mass is 189 g/mol. The van der Waals surface area contributed by atoms with Gasteiger partial charge in [-0.2, -0.15) is 10.4 Å². The lowest BCUT2D eigenvalue weighted by molar-refractivity contribution is 0.759. The summed E-state index contributed by atoms with van der Waals surface area (Å²) in [6.45, 7) is 0. The maximum Gasteiger partial charge on any atom is 0.138 e. The van der Waals surface area contributed by atoms with Gasteiger partial charge in [-0.25, -0.2) is 0 Å². The summed E-state index contributed by atoms with van der Waals surface area (Å²) >= 11 is 1.62. The fraction of sp³-hybridized carbons (Fsp3) is 0.111. The van der Waals surface area contributed by atoms with Crippen molar-refractivity contribution < 1.29 is 0 Å². The normalized spacial score (nSPS) is 9.85. The molecule has 2 rings (SSSR count). The van der Waals surface area contributed by atoms with Crippen molar-refractivity contribution in [1.82, 2.24) is 9.78 Å². The maximum absolute atomic E-state index is 8.72. The number of hydrogen-bond donors (Lipinski definition) is 0. The molecule has 0 fully saturated rings. The molecule has 2 heterocycles. The Balaban J connectivity index is 2.50. The molecule has 0 radical (unpaired) electrons. The van der Waals surface area contributed by atoms with E-state index < -0.39 is 0 Å². The predicted octanol–water partition coefficient (Wildman–Crippen LogP) is 2.02. The summed E-state index contributed by atoms with van der Waals surface area (Å²) in [5.74, 6) is 0. The van der Waals surface area contributed by atoms with Gasteiger partial charge in [0.05, 0.1) is 4.88 Å². The minimum absolute atomic E-state index is 0.586. The Bertz CT molecular complexity index is 448. The number of thiophene rings is 1. The van der Waals surface area contributed by atoms with Crippen molar-refractivity contribution in [3.63, 3.8) is 0 Å². The lowest BCUT2D eigenvalue weighted by atomic mass is 10.3. The van der Waals surface area contributed by atoms with Crippen LogP contribution in [-0.2, 0) is 7.05 Å². The third kappa shape index (κ3) is 1.34. The van der Waals surface area contributed by atoms with Gasteiger partial charge in [-0.15, -0.1) is 11.3 Å². The lowest BCUT2D eigenvalue weighted by Crippen LogP contribution is -1.92. The first-order chi connectivity index (χ1) is 6.31. The molecule has 4 heteroatoms. The minimum atomic E-state index is 0.586. The zero-order chi connectivity index (χ0) is 9.26. The van der Waals surface area contributed by atoms with Gasteiger partial charge in [-0.1, -0.05) is 6.07 Å². The lowest BCUT2D eigenvalue weighted by Gasteiger charge is -1.87. The number of hydrogen-bond acceptors (Lipinski definition) is 3. The molecular weight excluding hydrogens is 182 g/mol. The van der Waals surface area contributed by atoms with Gasteiger partial charge < -0.3 is 0 Å². The third-order valence-corrected chi connectivity index (χ3v) is 2.66. The van der Waals surface area contributed by atoms with Gasteiger partial charge in [0.25, 0.3) is 0 Å². The largest absolute Gasteiger partial charge is 0.257 e. The molecule has 13 heavy (non-hydrogen) atoms. The van der Waals surface area contributed by atoms with Crippen LogP contribution in [0.1, 0.15) is 5.69 Å². The van der Waals surface area contributed by atoms with Crippen molar-refractivity contribution in [2.75, 3.05) is 0 Å². The zero-order valence-corrected chi connectivity index (χ0v) is 7.88. The molecule has 0 N–H and O–H groups in total. The topological polar surface area (TPSA) is 41.6 Å². The number of nitriles is 1. The molecule has 0 saturated heterocycles. The Labute approximate surface area is 79.9 Å². The van der Waals surface area contributed by atoms with Crippen LogP contribution >= 0.6 is 11.3 Å². The van der Waals surface area contributed by atoms with E-state index >= 15 is 0 Å². The molecule has 0 aromatic carbocycles. The van der Waals surface area contributed by atoms with Crippen molar-refractivity contribution >= 4 is 11.3 Å². The van der Waals surface area contributed by atoms with Crippen LogP contribution in [0.15, 0.2) is 23.6 Å². The van der Waals surface area contributed by atoms with Crippen LogP contribution in [0.2, 0.25) is 0 Å². The molecular formula is C9H7N3S. The second-order valence-electron chi connectivity index (χ2n) is 2.63. The smallest absolute Gasteiger partial charge is 0.138 e. The molecule has 0 bridgehead atoms. The molecule has 64 valence electrons. The molecule has 2 aromatic heterocycles. The van der Waals surface area contributed by atoms with Crippen LogP contribution < -0.4 is 0 Å². The Morgan fingerprint density at radius 1 is 1.62 bits per heavy atom.